The lowest BCUT2D eigenvalue weighted by Crippen LogP contribution is -2.41. The maximum Gasteiger partial charge on any atom is 0.220 e. The summed E-state index contributed by atoms with van der Waals surface area (Å²) in [7, 11) is 4.09. The second kappa shape index (κ2) is 9.08. The molecule has 2 rings (SSSR count). The number of carbonyl (C=O) groups excluding carboxylic acids is 1. The Morgan fingerprint density at radius 1 is 1.25 bits per heavy atom. The van der Waals surface area contributed by atoms with Gasteiger partial charge in [0.15, 0.2) is 0 Å². The number of nitrogens with zero attached hydrogens (tertiary/aromatic N) is 1. The molecule has 0 saturated carbocycles. The Hall–Kier alpha value is -0.0300. The maximum atomic E-state index is 11.9. The molecule has 0 aromatic carbocycles. The van der Waals surface area contributed by atoms with Crippen molar-refractivity contribution in [2.45, 2.75) is 57.2 Å². The van der Waals surface area contributed by atoms with Gasteiger partial charge in [0.2, 0.25) is 5.91 Å². The molecular formula is C14H29Cl2N3O. The Labute approximate surface area is 135 Å². The van der Waals surface area contributed by atoms with Gasteiger partial charge in [0.05, 0.1) is 0 Å². The normalized spacial score (nSPS) is 29.3. The first-order valence-corrected chi connectivity index (χ1v) is 7.23. The Morgan fingerprint density at radius 2 is 1.80 bits per heavy atom. The van der Waals surface area contributed by atoms with Gasteiger partial charge in [-0.3, -0.25) is 4.79 Å². The van der Waals surface area contributed by atoms with Gasteiger partial charge < -0.3 is 15.5 Å². The molecule has 2 N–H and O–H groups in total. The monoisotopic (exact) mass is 325 g/mol. The van der Waals surface area contributed by atoms with Crippen molar-refractivity contribution in [3.63, 3.8) is 0 Å². The first-order chi connectivity index (χ1) is 8.54. The van der Waals surface area contributed by atoms with Crippen molar-refractivity contribution in [2.75, 3.05) is 20.6 Å². The molecule has 2 saturated heterocycles. The van der Waals surface area contributed by atoms with E-state index in [0.717, 1.165) is 13.0 Å². The van der Waals surface area contributed by atoms with Crippen molar-refractivity contribution in [3.8, 4) is 0 Å². The van der Waals surface area contributed by atoms with Crippen LogP contribution in [0.25, 0.3) is 0 Å². The van der Waals surface area contributed by atoms with Crippen LogP contribution in [0.1, 0.15) is 39.0 Å². The Bertz CT molecular complexity index is 290. The largest absolute Gasteiger partial charge is 0.355 e. The van der Waals surface area contributed by atoms with Crippen molar-refractivity contribution >= 4 is 30.7 Å². The summed E-state index contributed by atoms with van der Waals surface area (Å²) in [6, 6.07) is 1.77. The van der Waals surface area contributed by atoms with Crippen LogP contribution in [0.3, 0.4) is 0 Å². The van der Waals surface area contributed by atoms with E-state index < -0.39 is 0 Å². The van der Waals surface area contributed by atoms with Crippen molar-refractivity contribution in [1.82, 2.24) is 15.5 Å². The maximum absolute atomic E-state index is 11.9. The molecule has 2 fully saturated rings. The van der Waals surface area contributed by atoms with Crippen LogP contribution in [0, 0.1) is 5.92 Å². The van der Waals surface area contributed by atoms with Crippen LogP contribution in [0.5, 0.6) is 0 Å². The van der Waals surface area contributed by atoms with E-state index in [-0.39, 0.29) is 30.7 Å². The zero-order chi connectivity index (χ0) is 13.1. The van der Waals surface area contributed by atoms with Gasteiger partial charge in [-0.15, -0.1) is 24.8 Å². The summed E-state index contributed by atoms with van der Waals surface area (Å²) in [4.78, 5) is 14.1. The van der Waals surface area contributed by atoms with E-state index in [2.05, 4.69) is 22.5 Å². The van der Waals surface area contributed by atoms with Crippen molar-refractivity contribution in [3.05, 3.63) is 0 Å². The van der Waals surface area contributed by atoms with Crippen LogP contribution in [0.15, 0.2) is 0 Å². The summed E-state index contributed by atoms with van der Waals surface area (Å²) in [5.74, 6) is 0.827. The predicted molar refractivity (Wildman–Crippen MR) is 87.9 cm³/mol. The third-order valence-corrected chi connectivity index (χ3v) is 4.52. The number of piperidine rings is 1. The molecule has 20 heavy (non-hydrogen) atoms. The summed E-state index contributed by atoms with van der Waals surface area (Å²) >= 11 is 0. The van der Waals surface area contributed by atoms with Crippen LogP contribution in [0.4, 0.5) is 0 Å². The Morgan fingerprint density at radius 3 is 2.30 bits per heavy atom. The van der Waals surface area contributed by atoms with Crippen LogP contribution >= 0.6 is 24.8 Å². The minimum absolute atomic E-state index is 0. The number of amides is 1. The number of nitrogens with one attached hydrogen (secondary N) is 2. The Kier molecular flexibility index (Phi) is 9.07. The van der Waals surface area contributed by atoms with E-state index in [1.165, 1.54) is 25.7 Å². The highest BCUT2D eigenvalue weighted by molar-refractivity contribution is 5.85. The highest BCUT2D eigenvalue weighted by Crippen LogP contribution is 2.32. The number of fused-ring (bicyclic) bond motifs is 2. The van der Waals surface area contributed by atoms with Gasteiger partial charge in [-0.25, -0.2) is 0 Å². The molecule has 0 spiro atoms. The zero-order valence-corrected chi connectivity index (χ0v) is 14.4. The molecule has 0 radical (unpaired) electrons. The number of likely N-dealkylation sites (N-methyl/N-ethyl adjacent to an activating group) is 1. The Balaban J connectivity index is 0.00000180. The zero-order valence-electron chi connectivity index (χ0n) is 12.7. The van der Waals surface area contributed by atoms with Crippen LogP contribution in [-0.2, 0) is 4.79 Å². The number of rotatable bonds is 5. The number of carbonyl (C=O) groups is 1. The number of hydrogen-bond acceptors (Lipinski definition) is 3. The standard InChI is InChI=1S/C14H27N3O.2ClH/c1-10(17(2)3)9-15-14(18)8-11-6-12-4-5-13(7-11)16-12;;/h10-13,16H,4-9H2,1-3H3,(H,15,18);2*1H. The van der Waals surface area contributed by atoms with Gasteiger partial charge >= 0.3 is 0 Å². The van der Waals surface area contributed by atoms with Gasteiger partial charge in [-0.1, -0.05) is 0 Å². The summed E-state index contributed by atoms with van der Waals surface area (Å²) in [5, 5.41) is 6.68. The molecule has 0 aromatic heterocycles. The third kappa shape index (κ3) is 5.76. The third-order valence-electron chi connectivity index (χ3n) is 4.52. The van der Waals surface area contributed by atoms with E-state index in [0.29, 0.717) is 24.0 Å². The number of hydrogen-bond donors (Lipinski definition) is 2. The second-order valence-corrected chi connectivity index (χ2v) is 6.30. The topological polar surface area (TPSA) is 44.4 Å². The van der Waals surface area contributed by atoms with Crippen LogP contribution in [0.2, 0.25) is 0 Å². The molecular weight excluding hydrogens is 297 g/mol. The van der Waals surface area contributed by atoms with Crippen LogP contribution < -0.4 is 10.6 Å². The molecule has 0 aromatic rings. The first kappa shape index (κ1) is 20.0. The summed E-state index contributed by atoms with van der Waals surface area (Å²) < 4.78 is 0. The van der Waals surface area contributed by atoms with E-state index in [4.69, 9.17) is 0 Å². The SMILES string of the molecule is CC(CNC(=O)CC1CC2CCC(C1)N2)N(C)C.Cl.Cl. The molecule has 6 heteroatoms. The lowest BCUT2D eigenvalue weighted by atomic mass is 9.89. The minimum atomic E-state index is 0. The van der Waals surface area contributed by atoms with E-state index in [1.807, 2.05) is 14.1 Å². The molecule has 2 aliphatic heterocycles. The highest BCUT2D eigenvalue weighted by Gasteiger charge is 2.34. The lowest BCUT2D eigenvalue weighted by molar-refractivity contribution is -0.122. The molecule has 4 nitrogen and oxygen atoms in total. The van der Waals surface area contributed by atoms with Gasteiger partial charge in [-0.05, 0) is 52.6 Å². The van der Waals surface area contributed by atoms with Crippen LogP contribution in [-0.4, -0.2) is 49.6 Å². The van der Waals surface area contributed by atoms with Gasteiger partial charge in [0.25, 0.3) is 0 Å². The molecule has 0 aliphatic carbocycles. The van der Waals surface area contributed by atoms with Gasteiger partial charge in [0.1, 0.15) is 0 Å². The van der Waals surface area contributed by atoms with Crippen molar-refractivity contribution < 1.29 is 4.79 Å². The molecule has 2 bridgehead atoms. The van der Waals surface area contributed by atoms with E-state index >= 15 is 0 Å². The van der Waals surface area contributed by atoms with E-state index in [1.54, 1.807) is 0 Å². The average molecular weight is 326 g/mol. The smallest absolute Gasteiger partial charge is 0.220 e. The summed E-state index contributed by atoms with van der Waals surface area (Å²) in [6.07, 6.45) is 5.70. The fraction of sp³-hybridized carbons (Fsp3) is 0.929. The van der Waals surface area contributed by atoms with Crippen molar-refractivity contribution in [1.29, 1.82) is 0 Å². The van der Waals surface area contributed by atoms with Gasteiger partial charge in [0, 0.05) is 31.1 Å². The van der Waals surface area contributed by atoms with E-state index in [9.17, 15) is 4.79 Å². The molecule has 3 unspecified atom stereocenters. The highest BCUT2D eigenvalue weighted by atomic mass is 35.5. The molecule has 2 heterocycles. The molecule has 120 valence electrons. The molecule has 1 amide bonds. The van der Waals surface area contributed by atoms with Crippen molar-refractivity contribution in [2.24, 2.45) is 5.92 Å². The lowest BCUT2D eigenvalue weighted by Gasteiger charge is -2.29. The minimum Gasteiger partial charge on any atom is -0.355 e. The number of halogens is 2. The summed E-state index contributed by atoms with van der Waals surface area (Å²) in [5.41, 5.74) is 0. The fourth-order valence-electron chi connectivity index (χ4n) is 3.12. The van der Waals surface area contributed by atoms with Gasteiger partial charge in [-0.2, -0.15) is 0 Å². The second-order valence-electron chi connectivity index (χ2n) is 6.30. The fourth-order valence-corrected chi connectivity index (χ4v) is 3.12. The molecule has 3 atom stereocenters. The quantitative estimate of drug-likeness (QED) is 0.810. The average Bonchev–Trinajstić information content (AvgIpc) is 2.65. The first-order valence-electron chi connectivity index (χ1n) is 7.23. The molecule has 2 aliphatic rings. The summed E-state index contributed by atoms with van der Waals surface area (Å²) in [6.45, 7) is 2.88. The predicted octanol–water partition coefficient (Wildman–Crippen LogP) is 1.82.